The number of carbonyl (C=O) groups excluding carboxylic acids is 2. The summed E-state index contributed by atoms with van der Waals surface area (Å²) in [5, 5.41) is 5.11. The lowest BCUT2D eigenvalue weighted by molar-refractivity contribution is -0.115. The molecule has 2 aromatic heterocycles. The van der Waals surface area contributed by atoms with Crippen molar-refractivity contribution in [2.24, 2.45) is 5.92 Å². The van der Waals surface area contributed by atoms with Crippen LogP contribution in [-0.2, 0) is 11.3 Å². The van der Waals surface area contributed by atoms with Crippen LogP contribution >= 0.6 is 11.8 Å². The molecule has 0 saturated carbocycles. The molecule has 0 aliphatic carbocycles. The number of piperidine rings is 1. The van der Waals surface area contributed by atoms with Crippen LogP contribution in [0.3, 0.4) is 0 Å². The van der Waals surface area contributed by atoms with Crippen molar-refractivity contribution >= 4 is 34.9 Å². The quantitative estimate of drug-likeness (QED) is 0.535. The van der Waals surface area contributed by atoms with E-state index in [1.165, 1.54) is 6.07 Å². The number of thioether (sulfide) groups is 1. The summed E-state index contributed by atoms with van der Waals surface area (Å²) in [6.07, 6.45) is 5.24. The number of hydrogen-bond donors (Lipinski definition) is 2. The van der Waals surface area contributed by atoms with Crippen molar-refractivity contribution in [3.8, 4) is 0 Å². The van der Waals surface area contributed by atoms with Crippen molar-refractivity contribution in [2.75, 3.05) is 25.0 Å². The molecule has 4 rings (SSSR count). The number of halogens is 1. The summed E-state index contributed by atoms with van der Waals surface area (Å²) < 4.78 is 13.2. The lowest BCUT2D eigenvalue weighted by Gasteiger charge is -2.31. The van der Waals surface area contributed by atoms with E-state index in [2.05, 4.69) is 30.5 Å². The van der Waals surface area contributed by atoms with Gasteiger partial charge >= 0.3 is 0 Å². The number of rotatable bonds is 6. The van der Waals surface area contributed by atoms with E-state index in [0.29, 0.717) is 29.0 Å². The Hall–Kier alpha value is -2.85. The van der Waals surface area contributed by atoms with Gasteiger partial charge in [-0.05, 0) is 67.9 Å². The first-order valence-electron chi connectivity index (χ1n) is 9.71. The molecule has 10 heteroatoms. The third kappa shape index (κ3) is 5.39. The molecular weight excluding hydrogens is 407 g/mol. The molecule has 156 valence electrons. The maximum atomic E-state index is 13.2. The van der Waals surface area contributed by atoms with Gasteiger partial charge in [-0.15, -0.1) is 0 Å². The van der Waals surface area contributed by atoms with E-state index in [4.69, 9.17) is 0 Å². The van der Waals surface area contributed by atoms with Gasteiger partial charge in [0.25, 0.3) is 11.1 Å². The zero-order valence-electron chi connectivity index (χ0n) is 16.2. The van der Waals surface area contributed by atoms with E-state index in [1.807, 2.05) is 6.07 Å². The van der Waals surface area contributed by atoms with E-state index < -0.39 is 11.9 Å². The lowest BCUT2D eigenvalue weighted by Crippen LogP contribution is -2.35. The fourth-order valence-corrected chi connectivity index (χ4v) is 4.11. The van der Waals surface area contributed by atoms with Crippen LogP contribution in [0.15, 0.2) is 35.4 Å². The molecule has 2 fully saturated rings. The highest BCUT2D eigenvalue weighted by Gasteiger charge is 2.25. The summed E-state index contributed by atoms with van der Waals surface area (Å²) in [6.45, 7) is 3.27. The van der Waals surface area contributed by atoms with Crippen LogP contribution in [0.2, 0.25) is 0 Å². The molecule has 4 heterocycles. The van der Waals surface area contributed by atoms with E-state index in [0.717, 1.165) is 49.9 Å². The molecule has 30 heavy (non-hydrogen) atoms. The zero-order valence-corrected chi connectivity index (χ0v) is 17.0. The normalized spacial score (nSPS) is 19.3. The summed E-state index contributed by atoms with van der Waals surface area (Å²) in [6, 6.07) is 6.58. The maximum absolute atomic E-state index is 13.2. The Labute approximate surface area is 177 Å². The van der Waals surface area contributed by atoms with Crippen molar-refractivity contribution < 1.29 is 14.0 Å². The van der Waals surface area contributed by atoms with E-state index >= 15 is 0 Å². The van der Waals surface area contributed by atoms with Crippen LogP contribution in [0.1, 0.15) is 24.2 Å². The minimum absolute atomic E-state index is 0.324. The largest absolute Gasteiger partial charge is 0.354 e. The van der Waals surface area contributed by atoms with Crippen molar-refractivity contribution in [2.45, 2.75) is 19.4 Å². The van der Waals surface area contributed by atoms with Gasteiger partial charge in [0.05, 0.1) is 16.3 Å². The minimum Gasteiger partial charge on any atom is -0.354 e. The van der Waals surface area contributed by atoms with Gasteiger partial charge in [0, 0.05) is 19.3 Å². The lowest BCUT2D eigenvalue weighted by atomic mass is 9.97. The fraction of sp³-hybridized carbons (Fsp3) is 0.350. The molecule has 2 saturated heterocycles. The van der Waals surface area contributed by atoms with Crippen molar-refractivity contribution in [3.05, 3.63) is 52.7 Å². The van der Waals surface area contributed by atoms with Crippen molar-refractivity contribution in [1.29, 1.82) is 0 Å². The third-order valence-electron chi connectivity index (χ3n) is 5.01. The molecule has 2 aromatic rings. The number of carbonyl (C=O) groups is 2. The van der Waals surface area contributed by atoms with Crippen LogP contribution in [0.4, 0.5) is 15.1 Å². The van der Waals surface area contributed by atoms with Crippen molar-refractivity contribution in [1.82, 2.24) is 25.2 Å². The fourth-order valence-electron chi connectivity index (χ4n) is 3.45. The molecule has 2 aliphatic rings. The molecule has 2 N–H and O–H groups in total. The van der Waals surface area contributed by atoms with E-state index in [9.17, 15) is 14.0 Å². The molecule has 0 radical (unpaired) electrons. The molecule has 0 unspecified atom stereocenters. The van der Waals surface area contributed by atoms with Gasteiger partial charge in [-0.25, -0.2) is 15.0 Å². The third-order valence-corrected chi connectivity index (χ3v) is 5.82. The summed E-state index contributed by atoms with van der Waals surface area (Å²) in [5.41, 5.74) is 1.32. The molecule has 0 aromatic carbocycles. The van der Waals surface area contributed by atoms with Crippen molar-refractivity contribution in [3.63, 3.8) is 0 Å². The Balaban J connectivity index is 1.26. The highest BCUT2D eigenvalue weighted by Crippen LogP contribution is 2.25. The van der Waals surface area contributed by atoms with E-state index in [1.54, 1.807) is 24.4 Å². The number of imide groups is 1. The molecule has 0 bridgehead atoms. The average molecular weight is 428 g/mol. The van der Waals surface area contributed by atoms with Gasteiger partial charge in [0.1, 0.15) is 0 Å². The number of nitrogens with one attached hydrogen (secondary N) is 2. The number of hydrogen-bond acceptors (Lipinski definition) is 8. The van der Waals surface area contributed by atoms with Crippen LogP contribution in [0, 0.1) is 11.9 Å². The average Bonchev–Trinajstić information content (AvgIpc) is 3.04. The smallest absolute Gasteiger partial charge is 0.290 e. The first kappa shape index (κ1) is 20.4. The summed E-state index contributed by atoms with van der Waals surface area (Å²) in [5.74, 6) is 0.133. The van der Waals surface area contributed by atoms with Gasteiger partial charge < -0.3 is 5.32 Å². The number of amides is 2. The molecule has 2 amide bonds. The number of anilines is 1. The minimum atomic E-state index is -0.441. The number of pyridine rings is 1. The summed E-state index contributed by atoms with van der Waals surface area (Å²) in [4.78, 5) is 38.1. The maximum Gasteiger partial charge on any atom is 0.290 e. The second-order valence-electron chi connectivity index (χ2n) is 7.21. The second-order valence-corrected chi connectivity index (χ2v) is 8.22. The molecular formula is C20H21FN6O2S. The predicted molar refractivity (Wildman–Crippen MR) is 112 cm³/mol. The Kier molecular flexibility index (Phi) is 6.34. The van der Waals surface area contributed by atoms with E-state index in [-0.39, 0.29) is 5.24 Å². The van der Waals surface area contributed by atoms with Crippen LogP contribution in [-0.4, -0.2) is 50.6 Å². The Morgan fingerprint density at radius 2 is 2.07 bits per heavy atom. The van der Waals surface area contributed by atoms with Gasteiger partial charge in [0.15, 0.2) is 0 Å². The second kappa shape index (κ2) is 9.31. The van der Waals surface area contributed by atoms with Crippen LogP contribution in [0.5, 0.6) is 0 Å². The van der Waals surface area contributed by atoms with Gasteiger partial charge in [-0.1, -0.05) is 6.07 Å². The predicted octanol–water partition coefficient (Wildman–Crippen LogP) is 2.66. The summed E-state index contributed by atoms with van der Waals surface area (Å²) >= 11 is 0.863. The Bertz CT molecular complexity index is 977. The number of likely N-dealkylation sites (tertiary alicyclic amines) is 1. The van der Waals surface area contributed by atoms with Gasteiger partial charge in [0.2, 0.25) is 11.9 Å². The first-order valence-corrected chi connectivity index (χ1v) is 10.5. The molecule has 0 spiro atoms. The highest BCUT2D eigenvalue weighted by molar-refractivity contribution is 8.18. The first-order chi connectivity index (χ1) is 14.5. The summed E-state index contributed by atoms with van der Waals surface area (Å²) in [7, 11) is 0. The number of aromatic nitrogens is 3. The molecule has 2 aliphatic heterocycles. The van der Waals surface area contributed by atoms with Crippen LogP contribution in [0.25, 0.3) is 6.08 Å². The Morgan fingerprint density at radius 3 is 2.80 bits per heavy atom. The molecule has 0 atom stereocenters. The number of nitrogens with zero attached hydrogens (tertiary/aromatic N) is 4. The Morgan fingerprint density at radius 1 is 1.23 bits per heavy atom. The zero-order chi connectivity index (χ0) is 20.9. The van der Waals surface area contributed by atoms with Crippen LogP contribution < -0.4 is 10.6 Å². The van der Waals surface area contributed by atoms with Gasteiger partial charge in [-0.2, -0.15) is 4.39 Å². The topological polar surface area (TPSA) is 100 Å². The molecule has 8 nitrogen and oxygen atoms in total. The highest BCUT2D eigenvalue weighted by atomic mass is 32.2. The standard InChI is InChI=1S/C20H21FN6O2S/c21-17-3-1-2-15(24-17)12-27-8-5-13(6-9-27)11-23-19-22-7-4-14(25-19)10-16-18(28)26-20(29)30-16/h1-4,7,10,13H,5-6,8-9,11-12H2,(H,22,23,25)(H,26,28,29)/b16-10+. The SMILES string of the molecule is O=C1NC(=O)/C(=C\c2ccnc(NCC3CCN(Cc4cccc(F)n4)CC3)n2)S1. The monoisotopic (exact) mass is 428 g/mol. The van der Waals surface area contributed by atoms with Gasteiger partial charge in [-0.3, -0.25) is 19.8 Å².